The molecule has 3 N–H and O–H groups in total. The van der Waals surface area contributed by atoms with E-state index in [9.17, 15) is 4.79 Å². The zero-order chi connectivity index (χ0) is 13.6. The van der Waals surface area contributed by atoms with Crippen LogP contribution in [-0.2, 0) is 11.2 Å². The van der Waals surface area contributed by atoms with Crippen LogP contribution in [0.4, 0.5) is 0 Å². The van der Waals surface area contributed by atoms with Crippen molar-refractivity contribution < 1.29 is 4.79 Å². The maximum Gasteiger partial charge on any atom is 0.224 e. The van der Waals surface area contributed by atoms with Gasteiger partial charge in [-0.05, 0) is 30.5 Å². The van der Waals surface area contributed by atoms with Crippen LogP contribution < -0.4 is 11.1 Å². The highest BCUT2D eigenvalue weighted by molar-refractivity contribution is 9.10. The highest BCUT2D eigenvalue weighted by Gasteiger charge is 2.20. The molecule has 0 atom stereocenters. The van der Waals surface area contributed by atoms with Crippen LogP contribution in [0.5, 0.6) is 0 Å². The van der Waals surface area contributed by atoms with Crippen LogP contribution >= 0.6 is 15.9 Å². The molecule has 0 fully saturated rings. The highest BCUT2D eigenvalue weighted by Crippen LogP contribution is 2.12. The van der Waals surface area contributed by atoms with Gasteiger partial charge in [0.15, 0.2) is 0 Å². The van der Waals surface area contributed by atoms with Gasteiger partial charge in [-0.25, -0.2) is 0 Å². The monoisotopic (exact) mass is 312 g/mol. The first-order chi connectivity index (χ1) is 8.49. The predicted octanol–water partition coefficient (Wildman–Crippen LogP) is 2.63. The number of benzene rings is 1. The molecule has 0 aliphatic heterocycles. The summed E-state index contributed by atoms with van der Waals surface area (Å²) >= 11 is 3.39. The molecular weight excluding hydrogens is 292 g/mol. The van der Waals surface area contributed by atoms with Gasteiger partial charge in [0.25, 0.3) is 0 Å². The molecule has 0 saturated heterocycles. The Kier molecular flexibility index (Phi) is 5.82. The van der Waals surface area contributed by atoms with E-state index in [0.717, 1.165) is 22.9 Å². The number of hydrogen-bond donors (Lipinski definition) is 2. The topological polar surface area (TPSA) is 55.1 Å². The predicted molar refractivity (Wildman–Crippen MR) is 78.4 cm³/mol. The van der Waals surface area contributed by atoms with Crippen LogP contribution in [0, 0.1) is 0 Å². The van der Waals surface area contributed by atoms with E-state index >= 15 is 0 Å². The summed E-state index contributed by atoms with van der Waals surface area (Å²) in [7, 11) is 0. The minimum atomic E-state index is -0.285. The summed E-state index contributed by atoms with van der Waals surface area (Å²) in [5.74, 6) is 0.0184. The van der Waals surface area contributed by atoms with Crippen molar-refractivity contribution >= 4 is 21.8 Å². The minimum absolute atomic E-state index is 0.0184. The van der Waals surface area contributed by atoms with Crippen LogP contribution in [0.15, 0.2) is 28.7 Å². The molecule has 0 heterocycles. The lowest BCUT2D eigenvalue weighted by Gasteiger charge is -2.26. The van der Waals surface area contributed by atoms with Crippen molar-refractivity contribution in [3.8, 4) is 0 Å². The molecule has 0 bridgehead atoms. The van der Waals surface area contributed by atoms with Crippen molar-refractivity contribution in [3.63, 3.8) is 0 Å². The lowest BCUT2D eigenvalue weighted by molar-refractivity contribution is -0.120. The Labute approximate surface area is 117 Å². The average Bonchev–Trinajstić information content (AvgIpc) is 2.36. The van der Waals surface area contributed by atoms with Crippen LogP contribution in [-0.4, -0.2) is 18.0 Å². The lowest BCUT2D eigenvalue weighted by atomic mass is 9.94. The van der Waals surface area contributed by atoms with Gasteiger partial charge in [-0.3, -0.25) is 4.79 Å². The molecule has 100 valence electrons. The van der Waals surface area contributed by atoms with E-state index in [0.29, 0.717) is 13.0 Å². The van der Waals surface area contributed by atoms with E-state index < -0.39 is 0 Å². The van der Waals surface area contributed by atoms with Crippen molar-refractivity contribution in [3.05, 3.63) is 34.3 Å². The van der Waals surface area contributed by atoms with Crippen LogP contribution in [0.2, 0.25) is 0 Å². The number of amides is 1. The number of carbonyl (C=O) groups excluding carboxylic acids is 1. The Hall–Kier alpha value is -0.870. The molecule has 0 aliphatic carbocycles. The highest BCUT2D eigenvalue weighted by atomic mass is 79.9. The molecule has 0 aromatic heterocycles. The number of nitrogens with two attached hydrogens (primary N) is 1. The van der Waals surface area contributed by atoms with E-state index in [-0.39, 0.29) is 11.4 Å². The average molecular weight is 313 g/mol. The van der Waals surface area contributed by atoms with Gasteiger partial charge in [-0.2, -0.15) is 0 Å². The summed E-state index contributed by atoms with van der Waals surface area (Å²) in [5.41, 5.74) is 6.85. The number of nitrogens with one attached hydrogen (secondary N) is 1. The summed E-state index contributed by atoms with van der Waals surface area (Å²) in [5, 5.41) is 2.91. The normalized spacial score (nSPS) is 11.3. The van der Waals surface area contributed by atoms with Gasteiger partial charge in [0, 0.05) is 16.6 Å². The summed E-state index contributed by atoms with van der Waals surface area (Å²) in [6.45, 7) is 4.63. The van der Waals surface area contributed by atoms with Crippen LogP contribution in [0.1, 0.15) is 32.3 Å². The minimum Gasteiger partial charge on any atom is -0.354 e. The van der Waals surface area contributed by atoms with E-state index in [1.807, 2.05) is 38.1 Å². The second-order valence-electron chi connectivity index (χ2n) is 4.65. The Balaban J connectivity index is 2.47. The van der Waals surface area contributed by atoms with E-state index in [4.69, 9.17) is 5.73 Å². The number of rotatable bonds is 6. The Morgan fingerprint density at radius 1 is 1.39 bits per heavy atom. The third-order valence-electron chi connectivity index (χ3n) is 3.30. The van der Waals surface area contributed by atoms with Crippen molar-refractivity contribution in [1.29, 1.82) is 0 Å². The second-order valence-corrected chi connectivity index (χ2v) is 5.57. The molecule has 3 nitrogen and oxygen atoms in total. The molecule has 1 amide bonds. The molecule has 0 spiro atoms. The molecule has 0 aliphatic rings. The molecule has 0 saturated carbocycles. The summed E-state index contributed by atoms with van der Waals surface area (Å²) in [4.78, 5) is 11.8. The fourth-order valence-electron chi connectivity index (χ4n) is 1.67. The molecule has 1 aromatic carbocycles. The van der Waals surface area contributed by atoms with Gasteiger partial charge in [-0.1, -0.05) is 41.9 Å². The maximum absolute atomic E-state index is 11.8. The fourth-order valence-corrected chi connectivity index (χ4v) is 2.12. The molecular formula is C14H21BrN2O. The third-order valence-corrected chi connectivity index (χ3v) is 3.79. The second kappa shape index (κ2) is 6.90. The number of carbonyl (C=O) groups is 1. The van der Waals surface area contributed by atoms with Crippen LogP contribution in [0.3, 0.4) is 0 Å². The Morgan fingerprint density at radius 3 is 2.61 bits per heavy atom. The van der Waals surface area contributed by atoms with Gasteiger partial charge in [0.05, 0.1) is 6.42 Å². The van der Waals surface area contributed by atoms with Crippen molar-refractivity contribution in [1.82, 2.24) is 5.32 Å². The molecule has 0 unspecified atom stereocenters. The number of hydrogen-bond acceptors (Lipinski definition) is 2. The zero-order valence-electron chi connectivity index (χ0n) is 11.0. The molecule has 0 radical (unpaired) electrons. The third kappa shape index (κ3) is 4.78. The molecule has 4 heteroatoms. The van der Waals surface area contributed by atoms with E-state index in [1.165, 1.54) is 0 Å². The summed E-state index contributed by atoms with van der Waals surface area (Å²) < 4.78 is 0.989. The lowest BCUT2D eigenvalue weighted by Crippen LogP contribution is -2.49. The van der Waals surface area contributed by atoms with E-state index in [1.54, 1.807) is 0 Å². The van der Waals surface area contributed by atoms with Gasteiger partial charge in [-0.15, -0.1) is 0 Å². The smallest absolute Gasteiger partial charge is 0.224 e. The first-order valence-electron chi connectivity index (χ1n) is 6.29. The Bertz CT molecular complexity index is 403. The first kappa shape index (κ1) is 15.2. The zero-order valence-corrected chi connectivity index (χ0v) is 12.6. The SMILES string of the molecule is CCC(N)(CC)CNC(=O)Cc1cccc(Br)c1. The maximum atomic E-state index is 11.8. The number of halogens is 1. The molecule has 1 rings (SSSR count). The van der Waals surface area contributed by atoms with Crippen molar-refractivity contribution in [2.75, 3.05) is 6.54 Å². The summed E-state index contributed by atoms with van der Waals surface area (Å²) in [6, 6.07) is 7.77. The standard InChI is InChI=1S/C14H21BrN2O/c1-3-14(16,4-2)10-17-13(18)9-11-6-5-7-12(15)8-11/h5-8H,3-4,9-10,16H2,1-2H3,(H,17,18). The van der Waals surface area contributed by atoms with Crippen molar-refractivity contribution in [2.45, 2.75) is 38.6 Å². The van der Waals surface area contributed by atoms with Gasteiger partial charge >= 0.3 is 0 Å². The largest absolute Gasteiger partial charge is 0.354 e. The van der Waals surface area contributed by atoms with Crippen molar-refractivity contribution in [2.24, 2.45) is 5.73 Å². The summed E-state index contributed by atoms with van der Waals surface area (Å²) in [6.07, 6.45) is 2.12. The Morgan fingerprint density at radius 2 is 2.06 bits per heavy atom. The first-order valence-corrected chi connectivity index (χ1v) is 7.08. The van der Waals surface area contributed by atoms with E-state index in [2.05, 4.69) is 21.2 Å². The fraction of sp³-hybridized carbons (Fsp3) is 0.500. The van der Waals surface area contributed by atoms with Gasteiger partial charge in [0.1, 0.15) is 0 Å². The molecule has 1 aromatic rings. The van der Waals surface area contributed by atoms with Crippen LogP contribution in [0.25, 0.3) is 0 Å². The van der Waals surface area contributed by atoms with Gasteiger partial charge < -0.3 is 11.1 Å². The quantitative estimate of drug-likeness (QED) is 0.848. The molecule has 18 heavy (non-hydrogen) atoms. The van der Waals surface area contributed by atoms with Gasteiger partial charge in [0.2, 0.25) is 5.91 Å².